The smallest absolute Gasteiger partial charge is 0.261 e. The molecule has 0 amide bonds. The fourth-order valence-electron chi connectivity index (χ4n) is 6.49. The molecule has 1 heterocycles. The minimum Gasteiger partial charge on any atom is -0.543 e. The van der Waals surface area contributed by atoms with Crippen LogP contribution in [0.5, 0.6) is 11.5 Å². The first-order chi connectivity index (χ1) is 22.8. The lowest BCUT2D eigenvalue weighted by molar-refractivity contribution is 0.267. The Morgan fingerprint density at radius 2 is 1.12 bits per heavy atom. The van der Waals surface area contributed by atoms with Gasteiger partial charge in [-0.05, 0) is 114 Å². The van der Waals surface area contributed by atoms with Crippen molar-refractivity contribution in [2.24, 2.45) is 0 Å². The number of hydrogen-bond acceptors (Lipinski definition) is 4. The third-order valence-electron chi connectivity index (χ3n) is 12.0. The molecular formula is C43H68O4Si3. The molecule has 1 fully saturated rings. The summed E-state index contributed by atoms with van der Waals surface area (Å²) in [6.07, 6.45) is 1.96. The molecule has 4 rings (SSSR count). The molecule has 1 aliphatic rings. The maximum absolute atomic E-state index is 7.49. The van der Waals surface area contributed by atoms with Crippen LogP contribution in [0.15, 0.2) is 72.8 Å². The van der Waals surface area contributed by atoms with Crippen LogP contribution < -0.4 is 19.2 Å². The maximum Gasteiger partial charge on any atom is 0.261 e. The number of benzene rings is 3. The molecule has 0 radical (unpaired) electrons. The van der Waals surface area contributed by atoms with Gasteiger partial charge in [0.2, 0.25) is 16.6 Å². The van der Waals surface area contributed by atoms with Gasteiger partial charge in [-0.25, -0.2) is 0 Å². The largest absolute Gasteiger partial charge is 0.543 e. The molecule has 1 unspecified atom stereocenters. The van der Waals surface area contributed by atoms with Crippen molar-refractivity contribution >= 4 is 35.3 Å². The van der Waals surface area contributed by atoms with Crippen molar-refractivity contribution in [1.29, 1.82) is 0 Å². The highest BCUT2D eigenvalue weighted by Gasteiger charge is 2.51. The van der Waals surface area contributed by atoms with Crippen LogP contribution in [0.4, 0.5) is 0 Å². The van der Waals surface area contributed by atoms with Gasteiger partial charge in [0.15, 0.2) is 0 Å². The van der Waals surface area contributed by atoms with Gasteiger partial charge in [0, 0.05) is 6.61 Å². The van der Waals surface area contributed by atoms with Crippen LogP contribution in [0.3, 0.4) is 0 Å². The third kappa shape index (κ3) is 8.71. The van der Waals surface area contributed by atoms with Crippen LogP contribution in [0.1, 0.15) is 106 Å². The fourth-order valence-corrected chi connectivity index (χ4v) is 13.2. The first-order valence-electron chi connectivity index (χ1n) is 18.8. The molecule has 0 aliphatic carbocycles. The monoisotopic (exact) mass is 732 g/mol. The Balaban J connectivity index is 1.83. The van der Waals surface area contributed by atoms with Gasteiger partial charge in [-0.15, -0.1) is 0 Å². The molecule has 50 heavy (non-hydrogen) atoms. The van der Waals surface area contributed by atoms with E-state index in [1.165, 1.54) is 15.9 Å². The second-order valence-corrected chi connectivity index (χ2v) is 33.1. The second-order valence-electron chi connectivity index (χ2n) is 19.3. The van der Waals surface area contributed by atoms with Gasteiger partial charge in [0.1, 0.15) is 11.5 Å². The summed E-state index contributed by atoms with van der Waals surface area (Å²) in [7, 11) is -6.94. The van der Waals surface area contributed by atoms with E-state index in [1.54, 1.807) is 0 Å². The average molecular weight is 733 g/mol. The Bertz CT molecular complexity index is 1540. The van der Waals surface area contributed by atoms with Crippen molar-refractivity contribution in [3.05, 3.63) is 83.9 Å². The van der Waals surface area contributed by atoms with Crippen LogP contribution in [0.25, 0.3) is 0 Å². The average Bonchev–Trinajstić information content (AvgIpc) is 3.60. The van der Waals surface area contributed by atoms with Gasteiger partial charge in [0.25, 0.3) is 8.32 Å². The highest BCUT2D eigenvalue weighted by atomic mass is 28.4. The van der Waals surface area contributed by atoms with E-state index in [9.17, 15) is 0 Å². The molecule has 0 N–H and O–H groups in total. The van der Waals surface area contributed by atoms with Crippen LogP contribution in [-0.2, 0) is 9.16 Å². The lowest BCUT2D eigenvalue weighted by atomic mass is 9.87. The summed E-state index contributed by atoms with van der Waals surface area (Å²) in [5, 5.41) is 2.69. The van der Waals surface area contributed by atoms with E-state index in [4.69, 9.17) is 18.0 Å². The zero-order valence-corrected chi connectivity index (χ0v) is 37.3. The highest BCUT2D eigenvalue weighted by Crippen LogP contribution is 2.48. The van der Waals surface area contributed by atoms with Crippen molar-refractivity contribution in [2.45, 2.75) is 155 Å². The molecule has 0 spiro atoms. The van der Waals surface area contributed by atoms with Crippen LogP contribution in [-0.4, -0.2) is 43.3 Å². The van der Waals surface area contributed by atoms with Gasteiger partial charge >= 0.3 is 0 Å². The predicted molar refractivity (Wildman–Crippen MR) is 221 cm³/mol. The quantitative estimate of drug-likeness (QED) is 0.130. The van der Waals surface area contributed by atoms with E-state index in [1.807, 2.05) is 0 Å². The van der Waals surface area contributed by atoms with E-state index in [0.29, 0.717) is 6.61 Å². The Labute approximate surface area is 309 Å². The van der Waals surface area contributed by atoms with E-state index < -0.39 is 25.0 Å². The molecule has 0 aromatic heterocycles. The molecule has 3 aromatic rings. The van der Waals surface area contributed by atoms with Crippen molar-refractivity contribution < 1.29 is 18.0 Å². The molecule has 3 aromatic carbocycles. The molecule has 0 saturated carbocycles. The molecule has 1 saturated heterocycles. The first-order valence-corrected chi connectivity index (χ1v) is 26.5. The maximum atomic E-state index is 7.49. The normalized spacial score (nSPS) is 17.7. The van der Waals surface area contributed by atoms with E-state index >= 15 is 0 Å². The fraction of sp³-hybridized carbons (Fsp3) is 0.581. The van der Waals surface area contributed by atoms with Crippen molar-refractivity contribution in [3.8, 4) is 11.5 Å². The lowest BCUT2D eigenvalue weighted by Gasteiger charge is -2.43. The Morgan fingerprint density at radius 3 is 1.52 bits per heavy atom. The van der Waals surface area contributed by atoms with Crippen LogP contribution in [0.2, 0.25) is 41.3 Å². The Morgan fingerprint density at radius 1 is 0.680 bits per heavy atom. The van der Waals surface area contributed by atoms with Gasteiger partial charge in [-0.1, -0.05) is 123 Å². The van der Waals surface area contributed by atoms with Gasteiger partial charge in [-0.2, -0.15) is 0 Å². The van der Waals surface area contributed by atoms with E-state index in [-0.39, 0.29) is 32.7 Å². The Kier molecular flexibility index (Phi) is 11.6. The Hall–Kier alpha value is -2.17. The lowest BCUT2D eigenvalue weighted by Crippen LogP contribution is -2.66. The summed E-state index contributed by atoms with van der Waals surface area (Å²) in [5.41, 5.74) is 2.24. The summed E-state index contributed by atoms with van der Waals surface area (Å²) in [6, 6.07) is 26.6. The zero-order chi connectivity index (χ0) is 37.6. The summed E-state index contributed by atoms with van der Waals surface area (Å²) in [6.45, 7) is 37.5. The minimum atomic E-state index is -2.69. The standard InChI is InChI=1S/C43H68O4Si3/c1-32-29-38(47-49(15,16)41(5,6)7)36(31-37(32)46-48(13,14)40(2,3)4)33(30-39-43(11,12)45-39)27-28-44-50(42(8,9)10,34-23-19-17-20-24-34)35-25-21-18-22-26-35/h17-26,29,31,33,39H,27-28,30H2,1-16H3/t33-,39?/m1/s1. The van der Waals surface area contributed by atoms with Crippen LogP contribution in [0, 0.1) is 6.92 Å². The summed E-state index contributed by atoms with van der Waals surface area (Å²) in [5.74, 6) is 2.16. The predicted octanol–water partition coefficient (Wildman–Crippen LogP) is 11.4. The number of rotatable bonds is 13. The molecular weight excluding hydrogens is 665 g/mol. The SMILES string of the molecule is Cc1cc(O[Si](C)(C)C(C)(C)C)c([C@H](CCO[Si](c2ccccc2)(c2ccccc2)C(C)(C)C)CC2OC2(C)C)cc1O[Si](C)(C)C(C)(C)C. The third-order valence-corrected chi connectivity index (χ3v) is 25.7. The highest BCUT2D eigenvalue weighted by molar-refractivity contribution is 6.99. The number of hydrogen-bond donors (Lipinski definition) is 0. The summed E-state index contributed by atoms with van der Waals surface area (Å²) < 4.78 is 28.1. The second kappa shape index (κ2) is 14.3. The number of epoxide rings is 1. The van der Waals surface area contributed by atoms with Crippen molar-refractivity contribution in [2.75, 3.05) is 6.61 Å². The minimum absolute atomic E-state index is 0.0674. The molecule has 4 nitrogen and oxygen atoms in total. The molecule has 2 atom stereocenters. The van der Waals surface area contributed by atoms with E-state index in [2.05, 4.69) is 182 Å². The molecule has 7 heteroatoms. The first kappa shape index (κ1) is 40.6. The summed E-state index contributed by atoms with van der Waals surface area (Å²) in [4.78, 5) is 0. The zero-order valence-electron chi connectivity index (χ0n) is 34.3. The topological polar surface area (TPSA) is 40.2 Å². The van der Waals surface area contributed by atoms with Gasteiger partial charge in [0.05, 0.1) is 11.7 Å². The van der Waals surface area contributed by atoms with E-state index in [0.717, 1.165) is 29.9 Å². The van der Waals surface area contributed by atoms with Crippen LogP contribution >= 0.6 is 0 Å². The number of aryl methyl sites for hydroxylation is 1. The number of ether oxygens (including phenoxy) is 1. The van der Waals surface area contributed by atoms with Crippen molar-refractivity contribution in [3.63, 3.8) is 0 Å². The van der Waals surface area contributed by atoms with Gasteiger partial charge < -0.3 is 18.0 Å². The molecule has 0 bridgehead atoms. The van der Waals surface area contributed by atoms with Gasteiger partial charge in [-0.3, -0.25) is 0 Å². The molecule has 1 aliphatic heterocycles. The molecule has 276 valence electrons. The summed E-state index contributed by atoms with van der Waals surface area (Å²) >= 11 is 0. The van der Waals surface area contributed by atoms with Crippen molar-refractivity contribution in [1.82, 2.24) is 0 Å².